The summed E-state index contributed by atoms with van der Waals surface area (Å²) >= 11 is 1.64. The van der Waals surface area contributed by atoms with Gasteiger partial charge in [-0.15, -0.1) is 11.3 Å². The van der Waals surface area contributed by atoms with Gasteiger partial charge in [-0.05, 0) is 67.2 Å². The summed E-state index contributed by atoms with van der Waals surface area (Å²) in [5.41, 5.74) is 1.60. The van der Waals surface area contributed by atoms with Crippen molar-refractivity contribution in [2.24, 2.45) is 0 Å². The molecule has 0 saturated heterocycles. The maximum atomic E-state index is 12.5. The second-order valence-electron chi connectivity index (χ2n) is 7.40. The molecule has 0 atom stereocenters. The number of fused-ring (bicyclic) bond motifs is 1. The van der Waals surface area contributed by atoms with Crippen LogP contribution in [0.15, 0.2) is 53.9 Å². The van der Waals surface area contributed by atoms with Crippen molar-refractivity contribution in [2.45, 2.75) is 13.0 Å². The van der Waals surface area contributed by atoms with Crippen molar-refractivity contribution in [1.29, 1.82) is 0 Å². The number of rotatable bonds is 8. The lowest BCUT2D eigenvalue weighted by molar-refractivity contribution is -0.142. The predicted molar refractivity (Wildman–Crippen MR) is 122 cm³/mol. The first-order chi connectivity index (χ1) is 14.4. The summed E-state index contributed by atoms with van der Waals surface area (Å²) in [6, 6.07) is 15.1. The van der Waals surface area contributed by atoms with Crippen molar-refractivity contribution in [1.82, 2.24) is 9.80 Å². The number of thiophene rings is 1. The van der Waals surface area contributed by atoms with Crippen molar-refractivity contribution in [3.63, 3.8) is 0 Å². The molecule has 0 aliphatic heterocycles. The summed E-state index contributed by atoms with van der Waals surface area (Å²) in [5.74, 6) is -0.495. The van der Waals surface area contributed by atoms with E-state index in [0.717, 1.165) is 29.7 Å². The van der Waals surface area contributed by atoms with Gasteiger partial charge < -0.3 is 19.9 Å². The van der Waals surface area contributed by atoms with Gasteiger partial charge in [-0.2, -0.15) is 0 Å². The molecule has 1 aromatic heterocycles. The third-order valence-corrected chi connectivity index (χ3v) is 5.65. The van der Waals surface area contributed by atoms with Crippen molar-refractivity contribution in [3.8, 4) is 5.75 Å². The average Bonchev–Trinajstić information content (AvgIpc) is 3.14. The highest BCUT2D eigenvalue weighted by molar-refractivity contribution is 7.17. The van der Waals surface area contributed by atoms with E-state index in [4.69, 9.17) is 4.74 Å². The Morgan fingerprint density at radius 3 is 2.50 bits per heavy atom. The van der Waals surface area contributed by atoms with E-state index in [1.165, 1.54) is 9.60 Å². The van der Waals surface area contributed by atoms with Crippen molar-refractivity contribution < 1.29 is 14.3 Å². The highest BCUT2D eigenvalue weighted by atomic mass is 32.1. The van der Waals surface area contributed by atoms with Crippen molar-refractivity contribution in [2.75, 3.05) is 39.6 Å². The monoisotopic (exact) mass is 425 g/mol. The molecule has 0 aliphatic carbocycles. The van der Waals surface area contributed by atoms with Crippen LogP contribution in [0.25, 0.3) is 10.1 Å². The van der Waals surface area contributed by atoms with Gasteiger partial charge in [-0.25, -0.2) is 0 Å². The number of anilines is 1. The van der Waals surface area contributed by atoms with Crippen LogP contribution in [0.5, 0.6) is 5.75 Å². The molecule has 158 valence electrons. The third-order valence-electron chi connectivity index (χ3n) is 4.64. The summed E-state index contributed by atoms with van der Waals surface area (Å²) in [7, 11) is 5.69. The molecule has 6 nitrogen and oxygen atoms in total. The fourth-order valence-corrected chi connectivity index (χ4v) is 4.00. The van der Waals surface area contributed by atoms with Crippen molar-refractivity contribution >= 4 is 38.9 Å². The molecule has 7 heteroatoms. The number of nitrogens with zero attached hydrogens (tertiary/aromatic N) is 2. The molecule has 0 radical (unpaired) electrons. The van der Waals surface area contributed by atoms with Gasteiger partial charge in [-0.1, -0.05) is 18.2 Å². The molecule has 2 amide bonds. The highest BCUT2D eigenvalue weighted by Gasteiger charge is 2.20. The molecule has 2 aromatic carbocycles. The van der Waals surface area contributed by atoms with Gasteiger partial charge >= 0.3 is 11.8 Å². The lowest BCUT2D eigenvalue weighted by Crippen LogP contribution is -2.36. The second-order valence-corrected chi connectivity index (χ2v) is 8.31. The highest BCUT2D eigenvalue weighted by Crippen LogP contribution is 2.26. The normalized spacial score (nSPS) is 10.9. The van der Waals surface area contributed by atoms with Crippen molar-refractivity contribution in [3.05, 3.63) is 59.5 Å². The number of carbonyl (C=O) groups excluding carboxylic acids is 2. The Bertz CT molecular complexity index is 998. The Morgan fingerprint density at radius 1 is 1.03 bits per heavy atom. The Kier molecular flexibility index (Phi) is 7.43. The number of benzene rings is 2. The summed E-state index contributed by atoms with van der Waals surface area (Å²) in [6.45, 7) is 1.98. The first-order valence-corrected chi connectivity index (χ1v) is 10.7. The minimum atomic E-state index is -0.656. The van der Waals surface area contributed by atoms with E-state index in [1.807, 2.05) is 43.7 Å². The van der Waals surface area contributed by atoms with Gasteiger partial charge in [0.2, 0.25) is 0 Å². The Balaban J connectivity index is 1.51. The van der Waals surface area contributed by atoms with Crippen LogP contribution in [0.4, 0.5) is 5.69 Å². The molecule has 30 heavy (non-hydrogen) atoms. The van der Waals surface area contributed by atoms with Crippen LogP contribution in [0.3, 0.4) is 0 Å². The smallest absolute Gasteiger partial charge is 0.313 e. The number of carbonyl (C=O) groups is 2. The topological polar surface area (TPSA) is 61.9 Å². The standard InChI is InChI=1S/C23H27N3O3S/c1-25(2)13-6-14-29-19-11-9-18(10-12-19)24-22(27)23(28)26(3)15-17-16-30-21-8-5-4-7-20(17)21/h4-5,7-12,16H,6,13-15H2,1-3H3,(H,24,27). The van der Waals surface area contributed by atoms with E-state index in [2.05, 4.69) is 10.2 Å². The van der Waals surface area contributed by atoms with Crippen LogP contribution in [0.2, 0.25) is 0 Å². The van der Waals surface area contributed by atoms with Crippen LogP contribution in [0.1, 0.15) is 12.0 Å². The molecule has 0 fully saturated rings. The third kappa shape index (κ3) is 5.81. The van der Waals surface area contributed by atoms with E-state index >= 15 is 0 Å². The number of ether oxygens (including phenoxy) is 1. The van der Waals surface area contributed by atoms with Gasteiger partial charge in [-0.3, -0.25) is 9.59 Å². The van der Waals surface area contributed by atoms with Gasteiger partial charge in [0.15, 0.2) is 0 Å². The molecule has 0 saturated carbocycles. The zero-order valence-corrected chi connectivity index (χ0v) is 18.4. The first-order valence-electron chi connectivity index (χ1n) is 9.83. The summed E-state index contributed by atoms with van der Waals surface area (Å²) < 4.78 is 6.85. The number of likely N-dealkylation sites (N-methyl/N-ethyl adjacent to an activating group) is 1. The lowest BCUT2D eigenvalue weighted by atomic mass is 10.1. The number of hydrogen-bond donors (Lipinski definition) is 1. The molecule has 1 N–H and O–H groups in total. The summed E-state index contributed by atoms with van der Waals surface area (Å²) in [6.07, 6.45) is 0.936. The van der Waals surface area contributed by atoms with Gasteiger partial charge in [0.1, 0.15) is 5.75 Å². The summed E-state index contributed by atoms with van der Waals surface area (Å²) in [4.78, 5) is 28.4. The molecular weight excluding hydrogens is 398 g/mol. The maximum Gasteiger partial charge on any atom is 0.313 e. The molecular formula is C23H27N3O3S. The van der Waals surface area contributed by atoms with Gasteiger partial charge in [0, 0.05) is 30.5 Å². The van der Waals surface area contributed by atoms with E-state index in [9.17, 15) is 9.59 Å². The van der Waals surface area contributed by atoms with E-state index in [-0.39, 0.29) is 0 Å². The van der Waals surface area contributed by atoms with E-state index < -0.39 is 11.8 Å². The van der Waals surface area contributed by atoms with Crippen LogP contribution in [0, 0.1) is 0 Å². The number of nitrogens with one attached hydrogen (secondary N) is 1. The SMILES string of the molecule is CN(C)CCCOc1ccc(NC(=O)C(=O)N(C)Cc2csc3ccccc23)cc1. The zero-order chi connectivity index (χ0) is 21.5. The predicted octanol–water partition coefficient (Wildman–Crippen LogP) is 3.83. The molecule has 1 heterocycles. The minimum absolute atomic E-state index is 0.385. The second kappa shape index (κ2) is 10.2. The fourth-order valence-electron chi connectivity index (χ4n) is 3.05. The molecule has 3 rings (SSSR count). The van der Waals surface area contributed by atoms with E-state index in [0.29, 0.717) is 18.8 Å². The largest absolute Gasteiger partial charge is 0.494 e. The molecule has 0 unspecified atom stereocenters. The van der Waals surface area contributed by atoms with Crippen LogP contribution in [-0.4, -0.2) is 55.9 Å². The lowest BCUT2D eigenvalue weighted by Gasteiger charge is -2.16. The zero-order valence-electron chi connectivity index (χ0n) is 17.6. The molecule has 0 spiro atoms. The first kappa shape index (κ1) is 21.8. The summed E-state index contributed by atoms with van der Waals surface area (Å²) in [5, 5.41) is 5.80. The average molecular weight is 426 g/mol. The minimum Gasteiger partial charge on any atom is -0.494 e. The van der Waals surface area contributed by atoms with Gasteiger partial charge in [0.05, 0.1) is 6.61 Å². The van der Waals surface area contributed by atoms with Gasteiger partial charge in [0.25, 0.3) is 0 Å². The molecule has 0 bridgehead atoms. The van der Waals surface area contributed by atoms with Crippen LogP contribution < -0.4 is 10.1 Å². The quantitative estimate of drug-likeness (QED) is 0.440. The fraction of sp³-hybridized carbons (Fsp3) is 0.304. The Morgan fingerprint density at radius 2 is 1.77 bits per heavy atom. The maximum absolute atomic E-state index is 12.5. The number of hydrogen-bond acceptors (Lipinski definition) is 5. The molecule has 0 aliphatic rings. The Labute approximate surface area is 181 Å². The molecule has 3 aromatic rings. The number of amides is 2. The van der Waals surface area contributed by atoms with Crippen LogP contribution >= 0.6 is 11.3 Å². The van der Waals surface area contributed by atoms with Crippen LogP contribution in [-0.2, 0) is 16.1 Å². The van der Waals surface area contributed by atoms with E-state index in [1.54, 1.807) is 42.6 Å². The Hall–Kier alpha value is -2.90.